The second-order valence-corrected chi connectivity index (χ2v) is 2.99. The molecule has 1 aromatic heterocycles. The summed E-state index contributed by atoms with van der Waals surface area (Å²) in [6, 6.07) is 2.66. The van der Waals surface area contributed by atoms with Crippen LogP contribution in [-0.4, -0.2) is 11.3 Å². The monoisotopic (exact) mass is 249 g/mol. The molecule has 1 aromatic rings. The molecule has 4 nitrogen and oxygen atoms in total. The highest BCUT2D eigenvalue weighted by Gasteiger charge is 2.33. The Kier molecular flexibility index (Phi) is 3.85. The van der Waals surface area contributed by atoms with E-state index in [2.05, 4.69) is 9.72 Å². The summed E-state index contributed by atoms with van der Waals surface area (Å²) in [5.41, 5.74) is 4.93. The van der Waals surface area contributed by atoms with Crippen LogP contribution < -0.4 is 10.5 Å². The summed E-state index contributed by atoms with van der Waals surface area (Å²) in [6.45, 7) is -0.233. The average molecular weight is 249 g/mol. The fourth-order valence-electron chi connectivity index (χ4n) is 1.12. The van der Waals surface area contributed by atoms with Crippen molar-refractivity contribution in [3.63, 3.8) is 0 Å². The van der Waals surface area contributed by atoms with E-state index in [9.17, 15) is 17.6 Å². The molecule has 0 radical (unpaired) electrons. The second kappa shape index (κ2) is 4.97. The summed E-state index contributed by atoms with van der Waals surface area (Å²) in [6.07, 6.45) is -5.38. The van der Waals surface area contributed by atoms with E-state index in [0.717, 1.165) is 6.07 Å². The first kappa shape index (κ1) is 13.2. The van der Waals surface area contributed by atoms with Crippen molar-refractivity contribution in [2.45, 2.75) is 19.3 Å². The lowest BCUT2D eigenvalue weighted by Crippen LogP contribution is -2.20. The standard InChI is InChI=1S/C9H7F4N3O/c10-7-6(4-15)3-5(1-2-14)8(16-7)17-9(11,12)13/h3H,1,4,15H2. The maximum Gasteiger partial charge on any atom is 0.574 e. The Hall–Kier alpha value is -1.88. The highest BCUT2D eigenvalue weighted by Crippen LogP contribution is 2.26. The molecule has 2 N–H and O–H groups in total. The molecule has 0 spiro atoms. The van der Waals surface area contributed by atoms with Gasteiger partial charge in [0.25, 0.3) is 0 Å². The summed E-state index contributed by atoms with van der Waals surface area (Å²) in [5.74, 6) is -2.11. The average Bonchev–Trinajstić information content (AvgIpc) is 2.20. The summed E-state index contributed by atoms with van der Waals surface area (Å²) in [5, 5.41) is 8.44. The molecule has 0 saturated heterocycles. The SMILES string of the molecule is N#CCc1cc(CN)c(F)nc1OC(F)(F)F. The maximum absolute atomic E-state index is 13.1. The Labute approximate surface area is 93.6 Å². The molecule has 1 rings (SSSR count). The van der Waals surface area contributed by atoms with Crippen LogP contribution in [0.1, 0.15) is 11.1 Å². The van der Waals surface area contributed by atoms with Crippen molar-refractivity contribution in [2.24, 2.45) is 5.73 Å². The van der Waals surface area contributed by atoms with Crippen molar-refractivity contribution < 1.29 is 22.3 Å². The second-order valence-electron chi connectivity index (χ2n) is 2.99. The van der Waals surface area contributed by atoms with Crippen LogP contribution >= 0.6 is 0 Å². The zero-order valence-corrected chi connectivity index (χ0v) is 8.38. The minimum Gasteiger partial charge on any atom is -0.387 e. The van der Waals surface area contributed by atoms with Crippen molar-refractivity contribution in [2.75, 3.05) is 0 Å². The number of pyridine rings is 1. The van der Waals surface area contributed by atoms with E-state index in [4.69, 9.17) is 11.0 Å². The van der Waals surface area contributed by atoms with Crippen LogP contribution in [0, 0.1) is 17.3 Å². The first-order chi connectivity index (χ1) is 7.87. The molecule has 0 saturated carbocycles. The minimum atomic E-state index is -4.99. The van der Waals surface area contributed by atoms with Gasteiger partial charge in [-0.3, -0.25) is 0 Å². The molecule has 0 amide bonds. The molecule has 0 aliphatic carbocycles. The lowest BCUT2D eigenvalue weighted by Gasteiger charge is -2.12. The summed E-state index contributed by atoms with van der Waals surface area (Å²) < 4.78 is 52.6. The molecule has 92 valence electrons. The first-order valence-electron chi connectivity index (χ1n) is 4.38. The van der Waals surface area contributed by atoms with E-state index in [1.165, 1.54) is 0 Å². The smallest absolute Gasteiger partial charge is 0.387 e. The van der Waals surface area contributed by atoms with E-state index in [1.807, 2.05) is 0 Å². The van der Waals surface area contributed by atoms with Crippen LogP contribution in [0.4, 0.5) is 17.6 Å². The van der Waals surface area contributed by atoms with Crippen LogP contribution in [0.15, 0.2) is 6.07 Å². The van der Waals surface area contributed by atoms with Crippen molar-refractivity contribution in [3.8, 4) is 11.9 Å². The predicted octanol–water partition coefficient (Wildman–Crippen LogP) is 1.64. The Morgan fingerprint density at radius 2 is 2.06 bits per heavy atom. The third-order valence-electron chi connectivity index (χ3n) is 1.79. The van der Waals surface area contributed by atoms with Crippen LogP contribution in [0.2, 0.25) is 0 Å². The van der Waals surface area contributed by atoms with Crippen molar-refractivity contribution in [3.05, 3.63) is 23.1 Å². The largest absolute Gasteiger partial charge is 0.574 e. The van der Waals surface area contributed by atoms with Crippen LogP contribution in [0.25, 0.3) is 0 Å². The van der Waals surface area contributed by atoms with E-state index in [1.54, 1.807) is 6.07 Å². The van der Waals surface area contributed by atoms with Gasteiger partial charge in [0.05, 0.1) is 12.5 Å². The molecule has 0 fully saturated rings. The third-order valence-corrected chi connectivity index (χ3v) is 1.79. The lowest BCUT2D eigenvalue weighted by molar-refractivity contribution is -0.276. The molecule has 0 aliphatic rings. The normalized spacial score (nSPS) is 11.1. The molecular weight excluding hydrogens is 242 g/mol. The Balaban J connectivity index is 3.19. The number of nitriles is 1. The fraction of sp³-hybridized carbons (Fsp3) is 0.333. The van der Waals surface area contributed by atoms with Crippen LogP contribution in [0.3, 0.4) is 0 Å². The Morgan fingerprint density at radius 1 is 1.41 bits per heavy atom. The van der Waals surface area contributed by atoms with Gasteiger partial charge < -0.3 is 10.5 Å². The topological polar surface area (TPSA) is 71.9 Å². The molecule has 1 heterocycles. The predicted molar refractivity (Wildman–Crippen MR) is 48.1 cm³/mol. The minimum absolute atomic E-state index is 0.0789. The van der Waals surface area contributed by atoms with Gasteiger partial charge >= 0.3 is 6.36 Å². The first-order valence-corrected chi connectivity index (χ1v) is 4.38. The Morgan fingerprint density at radius 3 is 2.53 bits per heavy atom. The number of hydrogen-bond acceptors (Lipinski definition) is 4. The highest BCUT2D eigenvalue weighted by molar-refractivity contribution is 5.33. The van der Waals surface area contributed by atoms with Crippen LogP contribution in [0.5, 0.6) is 5.88 Å². The number of nitrogens with zero attached hydrogens (tertiary/aromatic N) is 2. The van der Waals surface area contributed by atoms with Crippen molar-refractivity contribution in [1.29, 1.82) is 5.26 Å². The van der Waals surface area contributed by atoms with Crippen LogP contribution in [-0.2, 0) is 13.0 Å². The summed E-state index contributed by atoms with van der Waals surface area (Å²) >= 11 is 0. The van der Waals surface area contributed by atoms with Gasteiger partial charge in [0.15, 0.2) is 0 Å². The molecule has 0 aromatic carbocycles. The van der Waals surface area contributed by atoms with Gasteiger partial charge in [0.1, 0.15) is 0 Å². The van der Waals surface area contributed by atoms with Gasteiger partial charge in [0, 0.05) is 17.7 Å². The highest BCUT2D eigenvalue weighted by atomic mass is 19.4. The number of nitrogens with two attached hydrogens (primary N) is 1. The molecule has 0 aliphatic heterocycles. The number of ether oxygens (including phenoxy) is 1. The number of halogens is 4. The maximum atomic E-state index is 13.1. The van der Waals surface area contributed by atoms with Gasteiger partial charge in [0.2, 0.25) is 11.8 Å². The molecule has 0 bridgehead atoms. The van der Waals surface area contributed by atoms with E-state index in [0.29, 0.717) is 0 Å². The zero-order valence-electron chi connectivity index (χ0n) is 8.38. The number of aromatic nitrogens is 1. The van der Waals surface area contributed by atoms with Gasteiger partial charge in [-0.1, -0.05) is 0 Å². The lowest BCUT2D eigenvalue weighted by atomic mass is 10.1. The summed E-state index contributed by atoms with van der Waals surface area (Å²) in [7, 11) is 0. The zero-order chi connectivity index (χ0) is 13.1. The number of hydrogen-bond donors (Lipinski definition) is 1. The van der Waals surface area contributed by atoms with Crippen molar-refractivity contribution >= 4 is 0 Å². The van der Waals surface area contributed by atoms with E-state index >= 15 is 0 Å². The fourth-order valence-corrected chi connectivity index (χ4v) is 1.12. The number of rotatable bonds is 3. The number of alkyl halides is 3. The van der Waals surface area contributed by atoms with Gasteiger partial charge in [-0.15, -0.1) is 13.2 Å². The van der Waals surface area contributed by atoms with E-state index < -0.39 is 18.2 Å². The molecule has 0 atom stereocenters. The molecular formula is C9H7F4N3O. The summed E-state index contributed by atoms with van der Waals surface area (Å²) in [4.78, 5) is 3.01. The van der Waals surface area contributed by atoms with Crippen molar-refractivity contribution in [1.82, 2.24) is 4.98 Å². The van der Waals surface area contributed by atoms with E-state index in [-0.39, 0.29) is 24.1 Å². The van der Waals surface area contributed by atoms with Gasteiger partial charge in [-0.2, -0.15) is 14.6 Å². The quantitative estimate of drug-likeness (QED) is 0.653. The van der Waals surface area contributed by atoms with Gasteiger partial charge in [-0.25, -0.2) is 0 Å². The third kappa shape index (κ3) is 3.57. The Bertz CT molecular complexity index is 453. The van der Waals surface area contributed by atoms with Gasteiger partial charge in [-0.05, 0) is 6.07 Å². The molecule has 17 heavy (non-hydrogen) atoms. The molecule has 0 unspecified atom stereocenters. The molecule has 8 heteroatoms.